The lowest BCUT2D eigenvalue weighted by Crippen LogP contribution is -2.42. The predicted octanol–water partition coefficient (Wildman–Crippen LogP) is 4.27. The van der Waals surface area contributed by atoms with E-state index in [1.54, 1.807) is 7.05 Å². The molecule has 1 aliphatic heterocycles. The van der Waals surface area contributed by atoms with Gasteiger partial charge in [0.25, 0.3) is 0 Å². The monoisotopic (exact) mass is 536 g/mol. The molecule has 1 unspecified atom stereocenters. The first kappa shape index (κ1) is 25.0. The van der Waals surface area contributed by atoms with E-state index >= 15 is 0 Å². The molecule has 7 heteroatoms. The van der Waals surface area contributed by atoms with Crippen molar-refractivity contribution in [2.45, 2.75) is 38.5 Å². The van der Waals surface area contributed by atoms with E-state index in [4.69, 9.17) is 4.74 Å². The first-order valence-corrected chi connectivity index (χ1v) is 10.4. The maximum atomic E-state index is 12.0. The Balaban J connectivity index is 0.00000341. The topological polar surface area (TPSA) is 74.8 Å². The van der Waals surface area contributed by atoms with Gasteiger partial charge in [0.2, 0.25) is 5.91 Å². The minimum absolute atomic E-state index is 0. The lowest BCUT2D eigenvalue weighted by atomic mass is 9.86. The standard InChI is InChI=1S/C24H32N4O2.HI/c1-24(2,3)19-10-6-8-12-21(19)30-14-13-26-23(25-4)27-16-17-15-22(29)28-20-11-7-5-9-18(17)20;/h5-12,17H,13-16H2,1-4H3,(H,28,29)(H2,25,26,27);1H. The van der Waals surface area contributed by atoms with E-state index in [0.717, 1.165) is 17.0 Å². The number of aliphatic imine (C=N–C) groups is 1. The number of carbonyl (C=O) groups excluding carboxylic acids is 1. The van der Waals surface area contributed by atoms with E-state index in [9.17, 15) is 4.79 Å². The molecule has 1 heterocycles. The molecule has 3 N–H and O–H groups in total. The van der Waals surface area contributed by atoms with Gasteiger partial charge in [-0.05, 0) is 28.7 Å². The van der Waals surface area contributed by atoms with Gasteiger partial charge in [0.15, 0.2) is 5.96 Å². The maximum absolute atomic E-state index is 12.0. The Morgan fingerprint density at radius 1 is 1.13 bits per heavy atom. The fourth-order valence-electron chi connectivity index (χ4n) is 3.67. The number of anilines is 1. The fraction of sp³-hybridized carbons (Fsp3) is 0.417. The Hall–Kier alpha value is -2.29. The lowest BCUT2D eigenvalue weighted by molar-refractivity contribution is -0.116. The third-order valence-electron chi connectivity index (χ3n) is 5.19. The Labute approximate surface area is 202 Å². The zero-order valence-electron chi connectivity index (χ0n) is 18.7. The largest absolute Gasteiger partial charge is 0.491 e. The molecular formula is C24H33IN4O2. The molecule has 31 heavy (non-hydrogen) atoms. The summed E-state index contributed by atoms with van der Waals surface area (Å²) in [7, 11) is 1.74. The summed E-state index contributed by atoms with van der Waals surface area (Å²) in [5, 5.41) is 9.56. The van der Waals surface area contributed by atoms with E-state index in [1.807, 2.05) is 36.4 Å². The van der Waals surface area contributed by atoms with Gasteiger partial charge in [-0.25, -0.2) is 0 Å². The summed E-state index contributed by atoms with van der Waals surface area (Å²) in [6.45, 7) is 8.34. The molecule has 0 saturated heterocycles. The van der Waals surface area contributed by atoms with Crippen molar-refractivity contribution in [3.8, 4) is 5.75 Å². The number of guanidine groups is 1. The van der Waals surface area contributed by atoms with Crippen LogP contribution in [0.2, 0.25) is 0 Å². The molecule has 0 fully saturated rings. The van der Waals surface area contributed by atoms with E-state index in [-0.39, 0.29) is 41.2 Å². The van der Waals surface area contributed by atoms with Crippen molar-refractivity contribution in [2.75, 3.05) is 32.1 Å². The Bertz CT molecular complexity index is 908. The Morgan fingerprint density at radius 3 is 2.58 bits per heavy atom. The average Bonchev–Trinajstić information content (AvgIpc) is 2.72. The lowest BCUT2D eigenvalue weighted by Gasteiger charge is -2.26. The number of carbonyl (C=O) groups is 1. The number of fused-ring (bicyclic) bond motifs is 1. The van der Waals surface area contributed by atoms with Gasteiger partial charge in [-0.1, -0.05) is 57.2 Å². The van der Waals surface area contributed by atoms with Crippen molar-refractivity contribution in [1.82, 2.24) is 10.6 Å². The molecule has 2 aromatic rings. The van der Waals surface area contributed by atoms with Crippen molar-refractivity contribution < 1.29 is 9.53 Å². The summed E-state index contributed by atoms with van der Waals surface area (Å²) in [5.74, 6) is 1.78. The number of benzene rings is 2. The van der Waals surface area contributed by atoms with Crippen LogP contribution in [0.3, 0.4) is 0 Å². The van der Waals surface area contributed by atoms with Crippen LogP contribution in [0.4, 0.5) is 5.69 Å². The fourth-order valence-corrected chi connectivity index (χ4v) is 3.67. The SMILES string of the molecule is CN=C(NCCOc1ccccc1C(C)(C)C)NCC1CC(=O)Nc2ccccc21.I. The Morgan fingerprint density at radius 2 is 1.84 bits per heavy atom. The van der Waals surface area contributed by atoms with Crippen molar-refractivity contribution in [1.29, 1.82) is 0 Å². The summed E-state index contributed by atoms with van der Waals surface area (Å²) in [5.41, 5.74) is 3.28. The second-order valence-corrected chi connectivity index (χ2v) is 8.51. The number of hydrogen-bond donors (Lipinski definition) is 3. The number of rotatable bonds is 6. The number of nitrogens with zero attached hydrogens (tertiary/aromatic N) is 1. The average molecular weight is 536 g/mol. The van der Waals surface area contributed by atoms with E-state index in [0.29, 0.717) is 32.1 Å². The van der Waals surface area contributed by atoms with Crippen molar-refractivity contribution >= 4 is 41.5 Å². The molecular weight excluding hydrogens is 503 g/mol. The van der Waals surface area contributed by atoms with Gasteiger partial charge < -0.3 is 20.7 Å². The third-order valence-corrected chi connectivity index (χ3v) is 5.19. The number of amides is 1. The van der Waals surface area contributed by atoms with Crippen LogP contribution >= 0.6 is 24.0 Å². The van der Waals surface area contributed by atoms with Gasteiger partial charge in [-0.15, -0.1) is 24.0 Å². The summed E-state index contributed by atoms with van der Waals surface area (Å²) in [4.78, 5) is 16.3. The van der Waals surface area contributed by atoms with Gasteiger partial charge in [0.1, 0.15) is 12.4 Å². The Kier molecular flexibility index (Phi) is 9.15. The number of hydrogen-bond acceptors (Lipinski definition) is 3. The number of halogens is 1. The van der Waals surface area contributed by atoms with Crippen molar-refractivity contribution in [3.05, 3.63) is 59.7 Å². The zero-order valence-corrected chi connectivity index (χ0v) is 21.0. The maximum Gasteiger partial charge on any atom is 0.225 e. The number of para-hydroxylation sites is 2. The molecule has 1 atom stereocenters. The van der Waals surface area contributed by atoms with Crippen LogP contribution in [0, 0.1) is 0 Å². The normalized spacial score (nSPS) is 15.9. The van der Waals surface area contributed by atoms with Crippen LogP contribution in [0.25, 0.3) is 0 Å². The van der Waals surface area contributed by atoms with Gasteiger partial charge in [0.05, 0.1) is 6.54 Å². The highest BCUT2D eigenvalue weighted by molar-refractivity contribution is 14.0. The molecule has 0 aromatic heterocycles. The minimum Gasteiger partial charge on any atom is -0.491 e. The molecule has 0 aliphatic carbocycles. The number of nitrogens with one attached hydrogen (secondary N) is 3. The van der Waals surface area contributed by atoms with Crippen molar-refractivity contribution in [3.63, 3.8) is 0 Å². The summed E-state index contributed by atoms with van der Waals surface area (Å²) < 4.78 is 6.02. The molecule has 0 spiro atoms. The molecule has 168 valence electrons. The molecule has 6 nitrogen and oxygen atoms in total. The van der Waals surface area contributed by atoms with E-state index in [1.165, 1.54) is 5.56 Å². The number of ether oxygens (including phenoxy) is 1. The summed E-state index contributed by atoms with van der Waals surface area (Å²) in [6.07, 6.45) is 0.466. The smallest absolute Gasteiger partial charge is 0.225 e. The van der Waals surface area contributed by atoms with Gasteiger partial charge >= 0.3 is 0 Å². The third kappa shape index (κ3) is 6.85. The molecule has 0 radical (unpaired) electrons. The summed E-state index contributed by atoms with van der Waals surface area (Å²) >= 11 is 0. The first-order valence-electron chi connectivity index (χ1n) is 10.4. The predicted molar refractivity (Wildman–Crippen MR) is 138 cm³/mol. The zero-order chi connectivity index (χ0) is 21.6. The van der Waals surface area contributed by atoms with Crippen LogP contribution in [0.15, 0.2) is 53.5 Å². The summed E-state index contributed by atoms with van der Waals surface area (Å²) in [6, 6.07) is 16.1. The highest BCUT2D eigenvalue weighted by Gasteiger charge is 2.24. The van der Waals surface area contributed by atoms with Crippen LogP contribution in [0.1, 0.15) is 44.2 Å². The van der Waals surface area contributed by atoms with Crippen LogP contribution < -0.4 is 20.7 Å². The highest BCUT2D eigenvalue weighted by Crippen LogP contribution is 2.32. The van der Waals surface area contributed by atoms with E-state index in [2.05, 4.69) is 53.8 Å². The highest BCUT2D eigenvalue weighted by atomic mass is 127. The molecule has 1 amide bonds. The quantitative estimate of drug-likeness (QED) is 0.223. The van der Waals surface area contributed by atoms with Gasteiger partial charge in [-0.2, -0.15) is 0 Å². The molecule has 0 bridgehead atoms. The molecule has 1 aliphatic rings. The molecule has 0 saturated carbocycles. The minimum atomic E-state index is 0. The van der Waals surface area contributed by atoms with Crippen LogP contribution in [0.5, 0.6) is 5.75 Å². The molecule has 3 rings (SSSR count). The second-order valence-electron chi connectivity index (χ2n) is 8.51. The van der Waals surface area contributed by atoms with Gasteiger partial charge in [-0.3, -0.25) is 9.79 Å². The van der Waals surface area contributed by atoms with E-state index < -0.39 is 0 Å². The van der Waals surface area contributed by atoms with Crippen LogP contribution in [-0.2, 0) is 10.2 Å². The van der Waals surface area contributed by atoms with Crippen LogP contribution in [-0.4, -0.2) is 38.6 Å². The van der Waals surface area contributed by atoms with Gasteiger partial charge in [0, 0.05) is 31.6 Å². The second kappa shape index (κ2) is 11.4. The first-order chi connectivity index (χ1) is 14.4. The van der Waals surface area contributed by atoms with Crippen molar-refractivity contribution in [2.24, 2.45) is 4.99 Å². The molecule has 2 aromatic carbocycles.